The number of benzene rings is 1. The molecule has 1 heterocycles. The van der Waals surface area contributed by atoms with Crippen molar-refractivity contribution in [1.82, 2.24) is 5.32 Å². The molecular weight excluding hydrogens is 254 g/mol. The van der Waals surface area contributed by atoms with Crippen LogP contribution in [0.4, 0.5) is 0 Å². The number of hydrogen-bond donors (Lipinski definition) is 1. The standard InChI is InChI=1S/C16H25NO3/c1-12(17-11-14-5-4-8-20-14)9-13-6-7-15(18-2)16(10-13)19-3/h6-7,10,12,14,17H,4-5,8-9,11H2,1-3H3/t12-,14+/m1/s1. The van der Waals surface area contributed by atoms with Crippen LogP contribution in [0.5, 0.6) is 11.5 Å². The lowest BCUT2D eigenvalue weighted by Gasteiger charge is -2.17. The second kappa shape index (κ2) is 7.50. The van der Waals surface area contributed by atoms with Crippen molar-refractivity contribution in [2.75, 3.05) is 27.4 Å². The zero-order valence-electron chi connectivity index (χ0n) is 12.6. The molecule has 0 spiro atoms. The molecule has 2 rings (SSSR count). The zero-order chi connectivity index (χ0) is 14.4. The van der Waals surface area contributed by atoms with Gasteiger partial charge in [-0.3, -0.25) is 0 Å². The van der Waals surface area contributed by atoms with E-state index in [9.17, 15) is 0 Å². The summed E-state index contributed by atoms with van der Waals surface area (Å²) in [4.78, 5) is 0. The van der Waals surface area contributed by atoms with Gasteiger partial charge in [0.15, 0.2) is 11.5 Å². The van der Waals surface area contributed by atoms with Crippen LogP contribution in [0.25, 0.3) is 0 Å². The van der Waals surface area contributed by atoms with Gasteiger partial charge < -0.3 is 19.5 Å². The summed E-state index contributed by atoms with van der Waals surface area (Å²) in [5, 5.41) is 3.54. The lowest BCUT2D eigenvalue weighted by molar-refractivity contribution is 0.108. The molecule has 2 atom stereocenters. The molecular formula is C16H25NO3. The highest BCUT2D eigenvalue weighted by molar-refractivity contribution is 5.43. The molecule has 0 amide bonds. The van der Waals surface area contributed by atoms with Crippen LogP contribution >= 0.6 is 0 Å². The minimum Gasteiger partial charge on any atom is -0.493 e. The maximum Gasteiger partial charge on any atom is 0.160 e. The largest absolute Gasteiger partial charge is 0.493 e. The predicted molar refractivity (Wildman–Crippen MR) is 79.7 cm³/mol. The minimum absolute atomic E-state index is 0.392. The van der Waals surface area contributed by atoms with Crippen LogP contribution in [-0.2, 0) is 11.2 Å². The predicted octanol–water partition coefficient (Wildman–Crippen LogP) is 2.40. The summed E-state index contributed by atoms with van der Waals surface area (Å²) in [6.45, 7) is 4.05. The average Bonchev–Trinajstić information content (AvgIpc) is 2.98. The van der Waals surface area contributed by atoms with Gasteiger partial charge in [-0.05, 0) is 43.9 Å². The molecule has 1 N–H and O–H groups in total. The minimum atomic E-state index is 0.392. The van der Waals surface area contributed by atoms with Gasteiger partial charge in [-0.25, -0.2) is 0 Å². The highest BCUT2D eigenvalue weighted by Gasteiger charge is 2.16. The monoisotopic (exact) mass is 279 g/mol. The summed E-state index contributed by atoms with van der Waals surface area (Å²) in [6.07, 6.45) is 3.72. The lowest BCUT2D eigenvalue weighted by Crippen LogP contribution is -2.34. The van der Waals surface area contributed by atoms with E-state index < -0.39 is 0 Å². The van der Waals surface area contributed by atoms with E-state index in [1.54, 1.807) is 14.2 Å². The molecule has 0 bridgehead atoms. The Morgan fingerprint density at radius 2 is 2.10 bits per heavy atom. The number of ether oxygens (including phenoxy) is 3. The number of rotatable bonds is 7. The van der Waals surface area contributed by atoms with Gasteiger partial charge >= 0.3 is 0 Å². The number of methoxy groups -OCH3 is 2. The summed E-state index contributed by atoms with van der Waals surface area (Å²) in [5.41, 5.74) is 1.25. The summed E-state index contributed by atoms with van der Waals surface area (Å²) in [5.74, 6) is 1.56. The second-order valence-electron chi connectivity index (χ2n) is 5.34. The van der Waals surface area contributed by atoms with Crippen molar-refractivity contribution in [3.8, 4) is 11.5 Å². The summed E-state index contributed by atoms with van der Waals surface area (Å²) >= 11 is 0. The van der Waals surface area contributed by atoms with Crippen molar-refractivity contribution < 1.29 is 14.2 Å². The van der Waals surface area contributed by atoms with Crippen molar-refractivity contribution in [2.45, 2.75) is 38.3 Å². The molecule has 4 heteroatoms. The first-order valence-electron chi connectivity index (χ1n) is 7.29. The third-order valence-corrected chi connectivity index (χ3v) is 3.71. The van der Waals surface area contributed by atoms with E-state index in [2.05, 4.69) is 18.3 Å². The van der Waals surface area contributed by atoms with E-state index in [-0.39, 0.29) is 0 Å². The lowest BCUT2D eigenvalue weighted by atomic mass is 10.1. The third kappa shape index (κ3) is 4.12. The molecule has 0 aliphatic carbocycles. The molecule has 1 aromatic carbocycles. The molecule has 4 nitrogen and oxygen atoms in total. The zero-order valence-corrected chi connectivity index (χ0v) is 12.6. The molecule has 1 aliphatic heterocycles. The Bertz CT molecular complexity index is 416. The molecule has 0 saturated carbocycles. The Labute approximate surface area is 121 Å². The van der Waals surface area contributed by atoms with E-state index in [4.69, 9.17) is 14.2 Å². The molecule has 1 aliphatic rings. The fraction of sp³-hybridized carbons (Fsp3) is 0.625. The van der Waals surface area contributed by atoms with E-state index in [0.717, 1.165) is 31.1 Å². The topological polar surface area (TPSA) is 39.7 Å². The summed E-state index contributed by atoms with van der Waals surface area (Å²) in [7, 11) is 3.32. The highest BCUT2D eigenvalue weighted by Crippen LogP contribution is 2.27. The Morgan fingerprint density at radius 1 is 1.30 bits per heavy atom. The van der Waals surface area contributed by atoms with E-state index in [1.807, 2.05) is 12.1 Å². The van der Waals surface area contributed by atoms with Crippen LogP contribution in [0, 0.1) is 0 Å². The van der Waals surface area contributed by atoms with Crippen molar-refractivity contribution in [2.24, 2.45) is 0 Å². The maximum absolute atomic E-state index is 5.62. The SMILES string of the molecule is COc1ccc(C[C@@H](C)NC[C@@H]2CCCO2)cc1OC. The van der Waals surface area contributed by atoms with Gasteiger partial charge in [0.05, 0.1) is 20.3 Å². The van der Waals surface area contributed by atoms with Crippen molar-refractivity contribution >= 4 is 0 Å². The molecule has 0 unspecified atom stereocenters. The van der Waals surface area contributed by atoms with Crippen LogP contribution in [0.2, 0.25) is 0 Å². The number of nitrogens with one attached hydrogen (secondary N) is 1. The van der Waals surface area contributed by atoms with Crippen LogP contribution in [0.3, 0.4) is 0 Å². The first kappa shape index (κ1) is 15.1. The van der Waals surface area contributed by atoms with Crippen LogP contribution in [-0.4, -0.2) is 39.5 Å². The normalized spacial score (nSPS) is 19.9. The van der Waals surface area contributed by atoms with Gasteiger partial charge in [0, 0.05) is 19.2 Å². The Hall–Kier alpha value is -1.26. The second-order valence-corrected chi connectivity index (χ2v) is 5.34. The molecule has 0 aromatic heterocycles. The molecule has 112 valence electrons. The van der Waals surface area contributed by atoms with E-state index in [1.165, 1.54) is 18.4 Å². The first-order valence-corrected chi connectivity index (χ1v) is 7.29. The van der Waals surface area contributed by atoms with Gasteiger partial charge in [-0.2, -0.15) is 0 Å². The van der Waals surface area contributed by atoms with Gasteiger partial charge in [0.1, 0.15) is 0 Å². The molecule has 1 saturated heterocycles. The fourth-order valence-corrected chi connectivity index (χ4v) is 2.57. The van der Waals surface area contributed by atoms with E-state index >= 15 is 0 Å². The van der Waals surface area contributed by atoms with Crippen LogP contribution in [0.15, 0.2) is 18.2 Å². The van der Waals surface area contributed by atoms with Crippen LogP contribution in [0.1, 0.15) is 25.3 Å². The quantitative estimate of drug-likeness (QED) is 0.832. The Morgan fingerprint density at radius 3 is 2.75 bits per heavy atom. The maximum atomic E-state index is 5.62. The van der Waals surface area contributed by atoms with E-state index in [0.29, 0.717) is 12.1 Å². The van der Waals surface area contributed by atoms with Crippen molar-refractivity contribution in [1.29, 1.82) is 0 Å². The van der Waals surface area contributed by atoms with Gasteiger partial charge in [-0.15, -0.1) is 0 Å². The fourth-order valence-electron chi connectivity index (χ4n) is 2.57. The Kier molecular flexibility index (Phi) is 5.68. The molecule has 20 heavy (non-hydrogen) atoms. The molecule has 1 aromatic rings. The van der Waals surface area contributed by atoms with Crippen molar-refractivity contribution in [3.63, 3.8) is 0 Å². The van der Waals surface area contributed by atoms with Gasteiger partial charge in [0.2, 0.25) is 0 Å². The highest BCUT2D eigenvalue weighted by atomic mass is 16.5. The van der Waals surface area contributed by atoms with Gasteiger partial charge in [-0.1, -0.05) is 6.07 Å². The average molecular weight is 279 g/mol. The summed E-state index contributed by atoms with van der Waals surface area (Å²) < 4.78 is 16.2. The molecule has 1 fully saturated rings. The van der Waals surface area contributed by atoms with Crippen molar-refractivity contribution in [3.05, 3.63) is 23.8 Å². The van der Waals surface area contributed by atoms with Gasteiger partial charge in [0.25, 0.3) is 0 Å². The first-order chi connectivity index (χ1) is 9.72. The summed E-state index contributed by atoms with van der Waals surface area (Å²) in [6, 6.07) is 6.51. The Balaban J connectivity index is 1.85. The van der Waals surface area contributed by atoms with Crippen LogP contribution < -0.4 is 14.8 Å². The third-order valence-electron chi connectivity index (χ3n) is 3.71. The number of hydrogen-bond acceptors (Lipinski definition) is 4. The molecule has 0 radical (unpaired) electrons. The smallest absolute Gasteiger partial charge is 0.160 e.